The van der Waals surface area contributed by atoms with E-state index in [9.17, 15) is 5.11 Å². The van der Waals surface area contributed by atoms with Gasteiger partial charge in [-0.3, -0.25) is 0 Å². The molecule has 17 heavy (non-hydrogen) atoms. The van der Waals surface area contributed by atoms with E-state index in [1.807, 2.05) is 36.4 Å². The Morgan fingerprint density at radius 2 is 1.94 bits per heavy atom. The number of para-hydroxylation sites is 1. The zero-order valence-corrected chi connectivity index (χ0v) is 10.3. The van der Waals surface area contributed by atoms with Crippen molar-refractivity contribution >= 4 is 33.2 Å². The molecule has 0 unspecified atom stereocenters. The number of aromatic hydroxyl groups is 1. The lowest BCUT2D eigenvalue weighted by molar-refractivity contribution is 0.480. The molecule has 84 valence electrons. The normalized spacial score (nSPS) is 10.9. The first kappa shape index (κ1) is 10.6. The molecular weight excluding hydrogens is 254 g/mol. The number of phenolic OH excluding ortho intramolecular Hbond substituents is 1. The van der Waals surface area contributed by atoms with E-state index in [0.717, 1.165) is 15.3 Å². The van der Waals surface area contributed by atoms with E-state index in [1.165, 1.54) is 0 Å². The van der Waals surface area contributed by atoms with Crippen molar-refractivity contribution in [3.05, 3.63) is 47.5 Å². The van der Waals surface area contributed by atoms with Crippen LogP contribution in [0, 0.1) is 0 Å². The molecule has 1 heterocycles. The van der Waals surface area contributed by atoms with Gasteiger partial charge in [0.15, 0.2) is 0 Å². The molecule has 0 radical (unpaired) electrons. The van der Waals surface area contributed by atoms with E-state index < -0.39 is 0 Å². The molecule has 4 heteroatoms. The van der Waals surface area contributed by atoms with Crippen LogP contribution in [0.5, 0.6) is 5.75 Å². The van der Waals surface area contributed by atoms with Crippen molar-refractivity contribution in [2.75, 3.05) is 0 Å². The SMILES string of the molecule is Oc1cccc2sc(-c3cccc(Cl)c3)nc12. The highest BCUT2D eigenvalue weighted by molar-refractivity contribution is 7.21. The van der Waals surface area contributed by atoms with Gasteiger partial charge in [0.05, 0.1) is 4.70 Å². The second-order valence-electron chi connectivity index (χ2n) is 3.65. The largest absolute Gasteiger partial charge is 0.506 e. The average molecular weight is 262 g/mol. The summed E-state index contributed by atoms with van der Waals surface area (Å²) in [7, 11) is 0. The summed E-state index contributed by atoms with van der Waals surface area (Å²) in [5.41, 5.74) is 1.62. The Kier molecular flexibility index (Phi) is 2.50. The van der Waals surface area contributed by atoms with Crippen LogP contribution in [0.1, 0.15) is 0 Å². The predicted molar refractivity (Wildman–Crippen MR) is 71.7 cm³/mol. The van der Waals surface area contributed by atoms with Crippen molar-refractivity contribution in [2.24, 2.45) is 0 Å². The fraction of sp³-hybridized carbons (Fsp3) is 0. The van der Waals surface area contributed by atoms with Gasteiger partial charge in [-0.25, -0.2) is 4.98 Å². The molecule has 1 aromatic heterocycles. The van der Waals surface area contributed by atoms with E-state index in [1.54, 1.807) is 17.4 Å². The lowest BCUT2D eigenvalue weighted by Gasteiger charge is -1.95. The highest BCUT2D eigenvalue weighted by Gasteiger charge is 2.08. The van der Waals surface area contributed by atoms with Crippen LogP contribution in [0.25, 0.3) is 20.8 Å². The van der Waals surface area contributed by atoms with Crippen molar-refractivity contribution < 1.29 is 5.11 Å². The second-order valence-corrected chi connectivity index (χ2v) is 5.12. The minimum Gasteiger partial charge on any atom is -0.506 e. The summed E-state index contributed by atoms with van der Waals surface area (Å²) >= 11 is 7.50. The van der Waals surface area contributed by atoms with Crippen LogP contribution in [-0.4, -0.2) is 10.1 Å². The molecule has 0 saturated carbocycles. The van der Waals surface area contributed by atoms with Gasteiger partial charge in [-0.15, -0.1) is 11.3 Å². The van der Waals surface area contributed by atoms with Gasteiger partial charge < -0.3 is 5.11 Å². The third kappa shape index (κ3) is 1.88. The Morgan fingerprint density at radius 3 is 2.71 bits per heavy atom. The summed E-state index contributed by atoms with van der Waals surface area (Å²) in [6.45, 7) is 0. The molecule has 1 N–H and O–H groups in total. The summed E-state index contributed by atoms with van der Waals surface area (Å²) in [6.07, 6.45) is 0. The fourth-order valence-electron chi connectivity index (χ4n) is 1.68. The monoisotopic (exact) mass is 261 g/mol. The van der Waals surface area contributed by atoms with Crippen molar-refractivity contribution in [1.29, 1.82) is 0 Å². The third-order valence-corrected chi connectivity index (χ3v) is 3.77. The number of phenols is 1. The van der Waals surface area contributed by atoms with Gasteiger partial charge in [-0.2, -0.15) is 0 Å². The number of hydrogen-bond acceptors (Lipinski definition) is 3. The standard InChI is InChI=1S/C13H8ClNOS/c14-9-4-1-3-8(7-9)13-15-12-10(16)5-2-6-11(12)17-13/h1-7,16H. The fourth-order valence-corrected chi connectivity index (χ4v) is 2.85. The number of hydrogen-bond donors (Lipinski definition) is 1. The van der Waals surface area contributed by atoms with Crippen molar-refractivity contribution in [3.63, 3.8) is 0 Å². The zero-order valence-electron chi connectivity index (χ0n) is 8.72. The summed E-state index contributed by atoms with van der Waals surface area (Å²) in [6, 6.07) is 13.0. The highest BCUT2D eigenvalue weighted by Crippen LogP contribution is 2.34. The molecule has 0 bridgehead atoms. The van der Waals surface area contributed by atoms with Gasteiger partial charge in [0.2, 0.25) is 0 Å². The molecule has 0 fully saturated rings. The van der Waals surface area contributed by atoms with E-state index in [-0.39, 0.29) is 5.75 Å². The third-order valence-electron chi connectivity index (χ3n) is 2.47. The quantitative estimate of drug-likeness (QED) is 0.708. The number of rotatable bonds is 1. The van der Waals surface area contributed by atoms with E-state index in [2.05, 4.69) is 4.98 Å². The predicted octanol–water partition coefficient (Wildman–Crippen LogP) is 4.32. The first-order valence-electron chi connectivity index (χ1n) is 5.08. The summed E-state index contributed by atoms with van der Waals surface area (Å²) in [5, 5.41) is 11.3. The van der Waals surface area contributed by atoms with Crippen LogP contribution in [0.15, 0.2) is 42.5 Å². The van der Waals surface area contributed by atoms with Crippen molar-refractivity contribution in [3.8, 4) is 16.3 Å². The van der Waals surface area contributed by atoms with Crippen LogP contribution in [0.2, 0.25) is 5.02 Å². The summed E-state index contributed by atoms with van der Waals surface area (Å²) in [4.78, 5) is 4.43. The van der Waals surface area contributed by atoms with Crippen LogP contribution in [-0.2, 0) is 0 Å². The van der Waals surface area contributed by atoms with Crippen LogP contribution in [0.3, 0.4) is 0 Å². The number of benzene rings is 2. The maximum atomic E-state index is 9.70. The number of thiazole rings is 1. The molecule has 0 aliphatic carbocycles. The molecular formula is C13H8ClNOS. The van der Waals surface area contributed by atoms with Crippen LogP contribution >= 0.6 is 22.9 Å². The van der Waals surface area contributed by atoms with Gasteiger partial charge in [-0.1, -0.05) is 29.8 Å². The van der Waals surface area contributed by atoms with Crippen molar-refractivity contribution in [1.82, 2.24) is 4.98 Å². The first-order chi connectivity index (χ1) is 8.24. The molecule has 0 aliphatic rings. The topological polar surface area (TPSA) is 33.1 Å². The highest BCUT2D eigenvalue weighted by atomic mass is 35.5. The number of aromatic nitrogens is 1. The minimum absolute atomic E-state index is 0.215. The zero-order chi connectivity index (χ0) is 11.8. The van der Waals surface area contributed by atoms with E-state index >= 15 is 0 Å². The lowest BCUT2D eigenvalue weighted by Crippen LogP contribution is -1.75. The van der Waals surface area contributed by atoms with Crippen LogP contribution < -0.4 is 0 Å². The maximum absolute atomic E-state index is 9.70. The summed E-state index contributed by atoms with van der Waals surface area (Å²) < 4.78 is 0.972. The van der Waals surface area contributed by atoms with E-state index in [4.69, 9.17) is 11.6 Å². The van der Waals surface area contributed by atoms with Gasteiger partial charge in [0.1, 0.15) is 16.3 Å². The molecule has 0 spiro atoms. The van der Waals surface area contributed by atoms with Crippen LogP contribution in [0.4, 0.5) is 0 Å². The minimum atomic E-state index is 0.215. The lowest BCUT2D eigenvalue weighted by atomic mass is 10.2. The summed E-state index contributed by atoms with van der Waals surface area (Å²) in [5.74, 6) is 0.215. The molecule has 3 rings (SSSR count). The molecule has 2 nitrogen and oxygen atoms in total. The van der Waals surface area contributed by atoms with Gasteiger partial charge >= 0.3 is 0 Å². The van der Waals surface area contributed by atoms with E-state index in [0.29, 0.717) is 10.5 Å². The maximum Gasteiger partial charge on any atom is 0.142 e. The number of halogens is 1. The molecule has 0 amide bonds. The van der Waals surface area contributed by atoms with Crippen molar-refractivity contribution in [2.45, 2.75) is 0 Å². The second kappa shape index (κ2) is 4.02. The van der Waals surface area contributed by atoms with Gasteiger partial charge in [0.25, 0.3) is 0 Å². The molecule has 0 aliphatic heterocycles. The average Bonchev–Trinajstić information content (AvgIpc) is 2.74. The molecule has 3 aromatic rings. The Morgan fingerprint density at radius 1 is 1.12 bits per heavy atom. The Balaban J connectivity index is 2.22. The Hall–Kier alpha value is -1.58. The Bertz CT molecular complexity index is 693. The Labute approximate surface area is 107 Å². The number of nitrogens with zero attached hydrogens (tertiary/aromatic N) is 1. The molecule has 0 atom stereocenters. The molecule has 2 aromatic carbocycles. The van der Waals surface area contributed by atoms with Gasteiger partial charge in [0, 0.05) is 10.6 Å². The number of fused-ring (bicyclic) bond motifs is 1. The van der Waals surface area contributed by atoms with Gasteiger partial charge in [-0.05, 0) is 24.3 Å². The smallest absolute Gasteiger partial charge is 0.142 e. The molecule has 0 saturated heterocycles. The first-order valence-corrected chi connectivity index (χ1v) is 6.28.